The lowest BCUT2D eigenvalue weighted by Crippen LogP contribution is -2.46. The van der Waals surface area contributed by atoms with Gasteiger partial charge in [0.25, 0.3) is 0 Å². The minimum absolute atomic E-state index is 0.0449. The molecule has 2 fully saturated rings. The number of hydrogen-bond donors (Lipinski definition) is 4. The Labute approximate surface area is 839 Å². The van der Waals surface area contributed by atoms with Crippen LogP contribution in [-0.2, 0) is 54.9 Å². The monoisotopic (exact) mass is 2450 g/mol. The number of piperidine rings is 2. The van der Waals surface area contributed by atoms with Gasteiger partial charge in [-0.05, 0) is 292 Å². The van der Waals surface area contributed by atoms with Crippen molar-refractivity contribution in [3.8, 4) is 33.4 Å². The minimum atomic E-state index is -2.36. The first-order chi connectivity index (χ1) is 61.7. The van der Waals surface area contributed by atoms with Crippen molar-refractivity contribution >= 4 is 269 Å². The van der Waals surface area contributed by atoms with Gasteiger partial charge in [0.1, 0.15) is 12.1 Å². The summed E-state index contributed by atoms with van der Waals surface area (Å²) in [5.74, 6) is -0.226. The van der Waals surface area contributed by atoms with Gasteiger partial charge in [0.15, 0.2) is 0 Å². The summed E-state index contributed by atoms with van der Waals surface area (Å²) in [4.78, 5) is 26.3. The van der Waals surface area contributed by atoms with Crippen molar-refractivity contribution in [2.45, 2.75) is 108 Å². The summed E-state index contributed by atoms with van der Waals surface area (Å²) in [5, 5.41) is 38.9. The molecule has 12 aromatic carbocycles. The number of ether oxygens (including phenoxy) is 3. The third-order valence-electron chi connectivity index (χ3n) is 24.4. The average Bonchev–Trinajstić information content (AvgIpc) is 1.57. The first-order valence-corrected chi connectivity index (χ1v) is 50.9. The van der Waals surface area contributed by atoms with E-state index in [2.05, 4.69) is 351 Å². The summed E-state index contributed by atoms with van der Waals surface area (Å²) in [5.41, 5.74) is 21.8. The number of methoxy groups -OCH3 is 1. The predicted molar refractivity (Wildman–Crippen MR) is 557 cm³/mol. The topological polar surface area (TPSA) is 153 Å². The van der Waals surface area contributed by atoms with Crippen molar-refractivity contribution in [3.05, 3.63) is 305 Å². The van der Waals surface area contributed by atoms with Gasteiger partial charge >= 0.3 is 12.1 Å². The summed E-state index contributed by atoms with van der Waals surface area (Å²) in [7, 11) is -2.36. The van der Waals surface area contributed by atoms with E-state index in [4.69, 9.17) is 18.3 Å². The van der Waals surface area contributed by atoms with Gasteiger partial charge in [0.2, 0.25) is 0 Å². The largest absolute Gasteiger partial charge is 0.465 e. The van der Waals surface area contributed by atoms with Crippen LogP contribution in [0.5, 0.6) is 0 Å². The number of halogens is 12. The number of nitrogens with one attached hydrogen (secondary N) is 1. The fraction of sp³-hybridized carbons (Fsp3) is 0.267. The molecule has 5 aliphatic rings. The van der Waals surface area contributed by atoms with Crippen LogP contribution in [0.2, 0.25) is 0 Å². The first-order valence-electron chi connectivity index (χ1n) is 42.9. The summed E-state index contributed by atoms with van der Waals surface area (Å²) >= 11 is 42.7. The van der Waals surface area contributed by atoms with Crippen LogP contribution in [0.15, 0.2) is 272 Å². The molecule has 0 unspecified atom stereocenters. The molecule has 1 amide bonds. The van der Waals surface area contributed by atoms with Crippen LogP contribution >= 0.6 is 191 Å². The van der Waals surface area contributed by atoms with Gasteiger partial charge in [0, 0.05) is 149 Å². The number of aromatic nitrogens is 3. The molecule has 3 aromatic heterocycles. The fourth-order valence-corrected chi connectivity index (χ4v) is 23.3. The second-order valence-corrected chi connectivity index (χ2v) is 43.8. The van der Waals surface area contributed by atoms with Crippen molar-refractivity contribution in [1.29, 1.82) is 0 Å². The molecule has 0 radical (unpaired) electrons. The van der Waals surface area contributed by atoms with Crippen molar-refractivity contribution in [3.63, 3.8) is 0 Å². The van der Waals surface area contributed by atoms with Gasteiger partial charge in [-0.2, -0.15) is 0 Å². The SMILES string of the molecule is Brc1ccc2c(c1)C1(CCNCC1)c1cc(Br)ccc1-2.CC(C)(C)OC(=O)N1CCC2(CC1)c1cc(Br)ccc1-c1ccc(Br)cc12.CCOC(=O)Cn1c2cc(Br)ccc2c2ccc(Br)cc21.OCCC1(CCO)c2cc(Br)ccc2-c2ccc(Br)cc21.OCCn1c2cc(Br)ccc2c2ccc(Br)cc21.[2H]C([2H])([2H])OCCn1c2cc(Br)ccc2c2ccc(Br)cc21. The summed E-state index contributed by atoms with van der Waals surface area (Å²) in [6.45, 7) is 13.3. The summed E-state index contributed by atoms with van der Waals surface area (Å²) in [6.07, 6.45) is 5.18. The quantitative estimate of drug-likeness (QED) is 0.0876. The van der Waals surface area contributed by atoms with Crippen molar-refractivity contribution in [1.82, 2.24) is 23.9 Å². The number of rotatable bonds is 12. The molecule has 3 aliphatic carbocycles. The molecule has 0 saturated carbocycles. The Morgan fingerprint density at radius 3 is 0.976 bits per heavy atom. The normalized spacial score (nSPS) is 14.9. The molecular formula is C101H91Br12N5O8. The maximum Gasteiger partial charge on any atom is 0.410 e. The predicted octanol–water partition coefficient (Wildman–Crippen LogP) is 29.8. The number of esters is 1. The molecular weight excluding hydrogens is 2370 g/mol. The van der Waals surface area contributed by atoms with E-state index >= 15 is 0 Å². The molecule has 15 aromatic rings. The molecule has 20 rings (SSSR count). The lowest BCUT2D eigenvalue weighted by atomic mass is 9.71. The molecule has 13 nitrogen and oxygen atoms in total. The number of aliphatic hydroxyl groups excluding tert-OH is 3. The van der Waals surface area contributed by atoms with Gasteiger partial charge in [-0.25, -0.2) is 4.79 Å². The molecule has 2 spiro atoms. The van der Waals surface area contributed by atoms with Crippen LogP contribution in [-0.4, -0.2) is 118 Å². The second kappa shape index (κ2) is 40.8. The Morgan fingerprint density at radius 1 is 0.389 bits per heavy atom. The Bertz CT molecular complexity index is 6430. The molecule has 0 bridgehead atoms. The van der Waals surface area contributed by atoms with Crippen molar-refractivity contribution in [2.24, 2.45) is 0 Å². The zero-order valence-corrected chi connectivity index (χ0v) is 88.3. The number of likely N-dealkylation sites (tertiary alicyclic amines) is 1. The maximum atomic E-state index is 12.5. The highest BCUT2D eigenvalue weighted by Crippen LogP contribution is 2.58. The van der Waals surface area contributed by atoms with Gasteiger partial charge in [-0.15, -0.1) is 0 Å². The highest BCUT2D eigenvalue weighted by molar-refractivity contribution is 9.12. The number of hydrogen-bond acceptors (Lipinski definition) is 9. The molecule has 0 atom stereocenters. The zero-order valence-electron chi connectivity index (χ0n) is 72.2. The molecule has 2 aliphatic heterocycles. The number of carbonyl (C=O) groups is 2. The van der Waals surface area contributed by atoms with Crippen LogP contribution in [0.4, 0.5) is 4.79 Å². The zero-order chi connectivity index (χ0) is 91.8. The Hall–Kier alpha value is -5.66. The third-order valence-corrected chi connectivity index (χ3v) is 30.3. The number of fused-ring (bicyclic) bond motifs is 22. The third kappa shape index (κ3) is 19.7. The van der Waals surface area contributed by atoms with Crippen molar-refractivity contribution < 1.29 is 43.2 Å². The van der Waals surface area contributed by atoms with Gasteiger partial charge in [-0.1, -0.05) is 264 Å². The van der Waals surface area contributed by atoms with Gasteiger partial charge in [0.05, 0.1) is 57.0 Å². The first kappa shape index (κ1) is 90.9. The molecule has 652 valence electrons. The Morgan fingerprint density at radius 2 is 0.675 bits per heavy atom. The number of aliphatic hydroxyl groups is 3. The van der Waals surface area contributed by atoms with Crippen molar-refractivity contribution in [2.75, 3.05) is 66.3 Å². The summed E-state index contributed by atoms with van der Waals surface area (Å²) < 4.78 is 55.9. The van der Waals surface area contributed by atoms with Crippen LogP contribution in [0.3, 0.4) is 0 Å². The summed E-state index contributed by atoms with van der Waals surface area (Å²) in [6, 6.07) is 76.2. The van der Waals surface area contributed by atoms with E-state index in [0.29, 0.717) is 45.6 Å². The number of amides is 1. The standard InChI is InChI=1S/C22H23Br2NO2.C17H15Br2N.C17H16Br2O2.C16H13Br2NO2.C15H13Br2NO.C14H11Br2NO/c1-21(2,3)27-20(26)25-10-8-22(9-11-25)18-12-14(23)4-6-16(18)17-7-5-15(24)13-19(17)22;18-11-1-3-13-14-4-2-12(19)10-16(14)17(15(13)9-11)5-7-20-8-6-17;18-11-1-3-13-14-4-2-12(19)10-16(14)17(5-7-20,6-8-21)15(13)9-11;1-2-21-16(20)9-19-14-7-10(17)3-5-12(14)13-6-4-11(18)8-15(13)19;1-19-7-6-18-14-8-10(16)2-4-12(14)13-5-3-11(17)9-15(13)18;15-9-1-3-11-12-4-2-10(16)8-14(12)17(5-6-18)13(11)7-9/h4-7,12-13H,8-11H2,1-3H3;1-4,9-10,20H,5-8H2;1-4,9-10,20-21H,5-8H2;3-8H,2,9H2,1H3;2-5,8-9H,6-7H2,1H3;1-4,7-8,18H,5-6H2/i;;;;1D3;. The highest BCUT2D eigenvalue weighted by Gasteiger charge is 2.48. The molecule has 2 saturated heterocycles. The fourth-order valence-electron chi connectivity index (χ4n) is 19.0. The van der Waals surface area contributed by atoms with E-state index in [1.54, 1.807) is 0 Å². The van der Waals surface area contributed by atoms with E-state index in [1.165, 1.54) is 99.3 Å². The Kier molecular flexibility index (Phi) is 29.4. The van der Waals surface area contributed by atoms with E-state index in [0.717, 1.165) is 125 Å². The molecule has 5 heterocycles. The lowest BCUT2D eigenvalue weighted by Gasteiger charge is -2.41. The van der Waals surface area contributed by atoms with Gasteiger partial charge in [-0.3, -0.25) is 4.79 Å². The Balaban J connectivity index is 0.000000119. The molecule has 126 heavy (non-hydrogen) atoms. The molecule has 4 N–H and O–H groups in total. The number of benzene rings is 12. The van der Waals surface area contributed by atoms with E-state index in [1.807, 2.05) is 110 Å². The van der Waals surface area contributed by atoms with E-state index < -0.39 is 12.6 Å². The van der Waals surface area contributed by atoms with Gasteiger partial charge < -0.3 is 53.4 Å². The van der Waals surface area contributed by atoms with Crippen LogP contribution in [0, 0.1) is 0 Å². The smallest absolute Gasteiger partial charge is 0.410 e. The van der Waals surface area contributed by atoms with Crippen LogP contribution < -0.4 is 5.32 Å². The number of nitrogens with zero attached hydrogens (tertiary/aromatic N) is 4. The van der Waals surface area contributed by atoms with Crippen LogP contribution in [0.1, 0.15) is 104 Å². The van der Waals surface area contributed by atoms with E-state index in [9.17, 15) is 24.9 Å². The lowest BCUT2D eigenvalue weighted by molar-refractivity contribution is -0.143. The second-order valence-electron chi connectivity index (χ2n) is 32.8. The van der Waals surface area contributed by atoms with Crippen LogP contribution in [0.25, 0.3) is 98.8 Å². The van der Waals surface area contributed by atoms with E-state index in [-0.39, 0.29) is 61.3 Å². The maximum absolute atomic E-state index is 12.5. The average molecular weight is 2460 g/mol. The minimum Gasteiger partial charge on any atom is -0.465 e. The highest BCUT2D eigenvalue weighted by atomic mass is 79.9. The molecule has 25 heteroatoms. The number of carbonyl (C=O) groups excluding carboxylic acids is 2.